The largest absolute Gasteiger partial charge is 0.353 e. The van der Waals surface area contributed by atoms with Gasteiger partial charge in [0.25, 0.3) is 0 Å². The molecule has 29 heavy (non-hydrogen) atoms. The van der Waals surface area contributed by atoms with E-state index in [2.05, 4.69) is 56.9 Å². The van der Waals surface area contributed by atoms with Crippen LogP contribution in [0.5, 0.6) is 0 Å². The number of aromatic nitrogens is 2. The Morgan fingerprint density at radius 2 is 1.83 bits per heavy atom. The molecule has 0 unspecified atom stereocenters. The number of piperazine rings is 1. The highest BCUT2D eigenvalue weighted by Gasteiger charge is 2.25. The molecule has 0 N–H and O–H groups in total. The summed E-state index contributed by atoms with van der Waals surface area (Å²) < 4.78 is 0. The second-order valence-electron chi connectivity index (χ2n) is 8.17. The van der Waals surface area contributed by atoms with E-state index in [1.54, 1.807) is 0 Å². The molecule has 156 valence electrons. The molecule has 0 bridgehead atoms. The van der Waals surface area contributed by atoms with Gasteiger partial charge in [-0.2, -0.15) is 0 Å². The average Bonchev–Trinajstić information content (AvgIpc) is 2.74. The highest BCUT2D eigenvalue weighted by molar-refractivity contribution is 5.76. The minimum absolute atomic E-state index is 0.240. The van der Waals surface area contributed by atoms with Gasteiger partial charge in [-0.25, -0.2) is 9.97 Å². The molecule has 0 spiro atoms. The highest BCUT2D eigenvalue weighted by Crippen LogP contribution is 2.28. The molecule has 1 amide bonds. The fourth-order valence-electron chi connectivity index (χ4n) is 3.89. The third kappa shape index (κ3) is 4.95. The van der Waals surface area contributed by atoms with Crippen molar-refractivity contribution in [1.82, 2.24) is 14.9 Å². The maximum absolute atomic E-state index is 12.1. The summed E-state index contributed by atoms with van der Waals surface area (Å²) in [5.74, 6) is 2.56. The third-order valence-corrected chi connectivity index (χ3v) is 5.96. The van der Waals surface area contributed by atoms with E-state index in [1.165, 1.54) is 16.7 Å². The quantitative estimate of drug-likeness (QED) is 0.735. The molecule has 1 aliphatic rings. The lowest BCUT2D eigenvalue weighted by Crippen LogP contribution is -2.49. The monoisotopic (exact) mass is 394 g/mol. The molecule has 2 heterocycles. The Kier molecular flexibility index (Phi) is 6.88. The van der Waals surface area contributed by atoms with Gasteiger partial charge in [0.1, 0.15) is 11.6 Å². The van der Waals surface area contributed by atoms with Gasteiger partial charge in [-0.05, 0) is 25.8 Å². The maximum atomic E-state index is 12.1. The summed E-state index contributed by atoms with van der Waals surface area (Å²) in [6.07, 6.45) is 2.43. The molecule has 3 rings (SSSR count). The molecule has 5 nitrogen and oxygen atoms in total. The summed E-state index contributed by atoms with van der Waals surface area (Å²) in [6.45, 7) is 13.7. The second-order valence-corrected chi connectivity index (χ2v) is 8.17. The molecule has 1 saturated heterocycles. The lowest BCUT2D eigenvalue weighted by molar-refractivity contribution is -0.131. The zero-order chi connectivity index (χ0) is 21.0. The van der Waals surface area contributed by atoms with Crippen molar-refractivity contribution in [3.8, 4) is 0 Å². The van der Waals surface area contributed by atoms with E-state index in [0.29, 0.717) is 12.3 Å². The Labute approximate surface area is 175 Å². The van der Waals surface area contributed by atoms with Crippen LogP contribution in [-0.4, -0.2) is 47.0 Å². The van der Waals surface area contributed by atoms with Crippen LogP contribution in [-0.2, 0) is 11.2 Å². The number of hydrogen-bond donors (Lipinski definition) is 0. The van der Waals surface area contributed by atoms with E-state index in [4.69, 9.17) is 9.97 Å². The number of rotatable bonds is 6. The van der Waals surface area contributed by atoms with Crippen molar-refractivity contribution in [2.24, 2.45) is 0 Å². The first-order valence-corrected chi connectivity index (χ1v) is 10.9. The van der Waals surface area contributed by atoms with Gasteiger partial charge in [0.05, 0.1) is 0 Å². The first-order valence-electron chi connectivity index (χ1n) is 10.9. The summed E-state index contributed by atoms with van der Waals surface area (Å²) in [6, 6.07) is 8.66. The van der Waals surface area contributed by atoms with Crippen molar-refractivity contribution < 1.29 is 4.79 Å². The lowest BCUT2D eigenvalue weighted by atomic mass is 10.0. The van der Waals surface area contributed by atoms with Crippen molar-refractivity contribution in [1.29, 1.82) is 0 Å². The number of aryl methyl sites for hydroxylation is 2. The van der Waals surface area contributed by atoms with E-state index in [0.717, 1.165) is 56.4 Å². The summed E-state index contributed by atoms with van der Waals surface area (Å²) in [7, 11) is 0. The Morgan fingerprint density at radius 3 is 2.45 bits per heavy atom. The molecule has 5 heteroatoms. The van der Waals surface area contributed by atoms with Crippen LogP contribution in [0.1, 0.15) is 67.7 Å². The maximum Gasteiger partial charge on any atom is 0.222 e. The summed E-state index contributed by atoms with van der Waals surface area (Å²) in [4.78, 5) is 26.3. The van der Waals surface area contributed by atoms with Crippen LogP contribution in [0.2, 0.25) is 0 Å². The molecule has 1 atom stereocenters. The van der Waals surface area contributed by atoms with Crippen molar-refractivity contribution in [2.75, 3.05) is 31.1 Å². The molecule has 1 aromatic carbocycles. The Balaban J connectivity index is 1.94. The van der Waals surface area contributed by atoms with E-state index < -0.39 is 0 Å². The minimum Gasteiger partial charge on any atom is -0.353 e. The number of nitrogens with zero attached hydrogens (tertiary/aromatic N) is 4. The van der Waals surface area contributed by atoms with Gasteiger partial charge in [-0.15, -0.1) is 0 Å². The molecular weight excluding hydrogens is 360 g/mol. The molecule has 1 aliphatic heterocycles. The van der Waals surface area contributed by atoms with Crippen LogP contribution in [0.3, 0.4) is 0 Å². The van der Waals surface area contributed by atoms with E-state index in [9.17, 15) is 4.79 Å². The third-order valence-electron chi connectivity index (χ3n) is 5.96. The van der Waals surface area contributed by atoms with Gasteiger partial charge in [0.2, 0.25) is 5.91 Å². The molecule has 1 aromatic heterocycles. The van der Waals surface area contributed by atoms with Gasteiger partial charge in [0.15, 0.2) is 0 Å². The Morgan fingerprint density at radius 1 is 1.10 bits per heavy atom. The number of carbonyl (C=O) groups is 1. The fraction of sp³-hybridized carbons (Fsp3) is 0.542. The number of anilines is 1. The normalized spacial score (nSPS) is 15.5. The van der Waals surface area contributed by atoms with E-state index in [-0.39, 0.29) is 5.91 Å². The summed E-state index contributed by atoms with van der Waals surface area (Å²) in [5, 5.41) is 0. The van der Waals surface area contributed by atoms with Crippen LogP contribution < -0.4 is 4.90 Å². The van der Waals surface area contributed by atoms with Crippen LogP contribution in [0.15, 0.2) is 24.3 Å². The smallest absolute Gasteiger partial charge is 0.222 e. The van der Waals surface area contributed by atoms with Gasteiger partial charge in [0, 0.05) is 56.2 Å². The zero-order valence-corrected chi connectivity index (χ0v) is 18.5. The van der Waals surface area contributed by atoms with Gasteiger partial charge >= 0.3 is 0 Å². The Hall–Kier alpha value is -2.43. The second kappa shape index (κ2) is 9.38. The predicted octanol–water partition coefficient (Wildman–Crippen LogP) is 4.26. The first kappa shape index (κ1) is 21.3. The molecule has 0 radical (unpaired) electrons. The van der Waals surface area contributed by atoms with Crippen molar-refractivity contribution in [3.05, 3.63) is 52.5 Å². The van der Waals surface area contributed by atoms with Gasteiger partial charge in [-0.3, -0.25) is 4.79 Å². The van der Waals surface area contributed by atoms with Crippen LogP contribution in [0, 0.1) is 13.8 Å². The van der Waals surface area contributed by atoms with Crippen LogP contribution in [0.25, 0.3) is 0 Å². The average molecular weight is 395 g/mol. The van der Waals surface area contributed by atoms with Gasteiger partial charge in [-0.1, -0.05) is 50.6 Å². The topological polar surface area (TPSA) is 49.3 Å². The minimum atomic E-state index is 0.240. The van der Waals surface area contributed by atoms with Crippen LogP contribution in [0.4, 0.5) is 5.82 Å². The van der Waals surface area contributed by atoms with Crippen molar-refractivity contribution in [3.63, 3.8) is 0 Å². The standard InChI is InChI=1S/C24H34N4O/c1-6-18(4)23-25-19(5)21(16-20-10-8-9-17(3)15-20)24(26-23)28-13-11-27(12-14-28)22(29)7-2/h8-10,15,18H,6-7,11-14,16H2,1-5H3/t18-/m0/s1. The van der Waals surface area contributed by atoms with Gasteiger partial charge < -0.3 is 9.80 Å². The van der Waals surface area contributed by atoms with E-state index in [1.807, 2.05) is 11.8 Å². The Bertz CT molecular complexity index is 856. The first-order chi connectivity index (χ1) is 13.9. The summed E-state index contributed by atoms with van der Waals surface area (Å²) in [5.41, 5.74) is 4.83. The molecule has 0 saturated carbocycles. The SMILES string of the molecule is CCC(=O)N1CCN(c2nc([C@@H](C)CC)nc(C)c2Cc2cccc(C)c2)CC1. The van der Waals surface area contributed by atoms with Crippen molar-refractivity contribution >= 4 is 11.7 Å². The lowest BCUT2D eigenvalue weighted by Gasteiger charge is -2.36. The molecule has 2 aromatic rings. The molecule has 1 fully saturated rings. The number of carbonyl (C=O) groups excluding carboxylic acids is 1. The van der Waals surface area contributed by atoms with Crippen LogP contribution >= 0.6 is 0 Å². The predicted molar refractivity (Wildman–Crippen MR) is 119 cm³/mol. The zero-order valence-electron chi connectivity index (χ0n) is 18.5. The van der Waals surface area contributed by atoms with Crippen molar-refractivity contribution in [2.45, 2.75) is 59.8 Å². The summed E-state index contributed by atoms with van der Waals surface area (Å²) >= 11 is 0. The molecule has 0 aliphatic carbocycles. The van der Waals surface area contributed by atoms with E-state index >= 15 is 0 Å². The highest BCUT2D eigenvalue weighted by atomic mass is 16.2. The fourth-order valence-corrected chi connectivity index (χ4v) is 3.89. The molecular formula is C24H34N4O. The number of benzene rings is 1. The number of hydrogen-bond acceptors (Lipinski definition) is 4. The number of amides is 1.